The Morgan fingerprint density at radius 1 is 1.29 bits per heavy atom. The lowest BCUT2D eigenvalue weighted by molar-refractivity contribution is 0.0779. The Balaban J connectivity index is 2.69. The summed E-state index contributed by atoms with van der Waals surface area (Å²) in [6, 6.07) is 7.63. The quantitative estimate of drug-likeness (QED) is 0.849. The summed E-state index contributed by atoms with van der Waals surface area (Å²) in [5, 5.41) is 3.21. The lowest BCUT2D eigenvalue weighted by atomic mass is 10.1. The molecule has 0 atom stereocenters. The van der Waals surface area contributed by atoms with Gasteiger partial charge in [0.05, 0.1) is 0 Å². The molecule has 0 aliphatic carbocycles. The Morgan fingerprint density at radius 3 is 2.35 bits per heavy atom. The minimum Gasteiger partial charge on any atom is -0.385 e. The number of anilines is 1. The van der Waals surface area contributed by atoms with Gasteiger partial charge in [-0.1, -0.05) is 13.8 Å². The van der Waals surface area contributed by atoms with Crippen LogP contribution in [0.3, 0.4) is 0 Å². The Bertz CT molecular complexity index is 357. The summed E-state index contributed by atoms with van der Waals surface area (Å²) in [5.74, 6) is 0.576. The normalized spacial score (nSPS) is 10.4. The van der Waals surface area contributed by atoms with E-state index in [2.05, 4.69) is 26.1 Å². The molecule has 1 aromatic carbocycles. The number of hydrogen-bond acceptors (Lipinski definition) is 2. The van der Waals surface area contributed by atoms with Crippen LogP contribution in [0.1, 0.15) is 31.1 Å². The van der Waals surface area contributed by atoms with Crippen LogP contribution in [0.25, 0.3) is 0 Å². The standard InChI is InChI=1S/C14H22N2O/c1-5-15-13-8-6-12(7-9-13)14(17)16(4)10-11(2)3/h6-9,11,15H,5,10H2,1-4H3. The van der Waals surface area contributed by atoms with Gasteiger partial charge in [0.1, 0.15) is 0 Å². The van der Waals surface area contributed by atoms with Crippen LogP contribution in [0, 0.1) is 5.92 Å². The molecule has 0 saturated carbocycles. The van der Waals surface area contributed by atoms with E-state index >= 15 is 0 Å². The van der Waals surface area contributed by atoms with Crippen molar-refractivity contribution in [3.05, 3.63) is 29.8 Å². The van der Waals surface area contributed by atoms with Gasteiger partial charge in [0, 0.05) is 31.4 Å². The molecule has 0 radical (unpaired) electrons. The number of nitrogens with one attached hydrogen (secondary N) is 1. The zero-order valence-corrected chi connectivity index (χ0v) is 11.2. The molecular weight excluding hydrogens is 212 g/mol. The predicted molar refractivity (Wildman–Crippen MR) is 72.4 cm³/mol. The van der Waals surface area contributed by atoms with E-state index in [1.807, 2.05) is 31.3 Å². The van der Waals surface area contributed by atoms with Gasteiger partial charge in [-0.15, -0.1) is 0 Å². The van der Waals surface area contributed by atoms with Crippen LogP contribution in [-0.2, 0) is 0 Å². The van der Waals surface area contributed by atoms with Gasteiger partial charge in [-0.2, -0.15) is 0 Å². The van der Waals surface area contributed by atoms with Crippen molar-refractivity contribution in [2.24, 2.45) is 5.92 Å². The minimum absolute atomic E-state index is 0.0850. The van der Waals surface area contributed by atoms with Crippen LogP contribution in [-0.4, -0.2) is 30.9 Å². The highest BCUT2D eigenvalue weighted by Gasteiger charge is 2.12. The maximum Gasteiger partial charge on any atom is 0.253 e. The zero-order chi connectivity index (χ0) is 12.8. The molecule has 0 bridgehead atoms. The molecule has 1 N–H and O–H groups in total. The summed E-state index contributed by atoms with van der Waals surface area (Å²) >= 11 is 0. The summed E-state index contributed by atoms with van der Waals surface area (Å²) in [7, 11) is 1.85. The molecule has 0 aliphatic heterocycles. The number of amides is 1. The molecule has 0 fully saturated rings. The van der Waals surface area contributed by atoms with E-state index in [0.717, 1.165) is 24.3 Å². The van der Waals surface area contributed by atoms with E-state index in [-0.39, 0.29) is 5.91 Å². The predicted octanol–water partition coefficient (Wildman–Crippen LogP) is 2.85. The summed E-state index contributed by atoms with van der Waals surface area (Å²) in [6.07, 6.45) is 0. The average molecular weight is 234 g/mol. The smallest absolute Gasteiger partial charge is 0.253 e. The first-order valence-electron chi connectivity index (χ1n) is 6.14. The Kier molecular flexibility index (Phi) is 5.01. The number of carbonyl (C=O) groups is 1. The Morgan fingerprint density at radius 2 is 1.88 bits per heavy atom. The van der Waals surface area contributed by atoms with Crippen LogP contribution in [0.4, 0.5) is 5.69 Å². The van der Waals surface area contributed by atoms with Crippen molar-refractivity contribution < 1.29 is 4.79 Å². The lowest BCUT2D eigenvalue weighted by Crippen LogP contribution is -2.30. The molecule has 3 nitrogen and oxygen atoms in total. The van der Waals surface area contributed by atoms with Gasteiger partial charge in [-0.3, -0.25) is 4.79 Å². The fourth-order valence-electron chi connectivity index (χ4n) is 1.79. The molecule has 17 heavy (non-hydrogen) atoms. The maximum absolute atomic E-state index is 12.1. The third-order valence-electron chi connectivity index (χ3n) is 2.50. The fourth-order valence-corrected chi connectivity index (χ4v) is 1.79. The van der Waals surface area contributed by atoms with Gasteiger partial charge in [0.25, 0.3) is 5.91 Å². The van der Waals surface area contributed by atoms with Gasteiger partial charge in [-0.25, -0.2) is 0 Å². The van der Waals surface area contributed by atoms with Crippen molar-refractivity contribution in [1.29, 1.82) is 0 Å². The first-order valence-corrected chi connectivity index (χ1v) is 6.14. The van der Waals surface area contributed by atoms with Gasteiger partial charge in [-0.05, 0) is 37.1 Å². The van der Waals surface area contributed by atoms with Crippen molar-refractivity contribution in [2.75, 3.05) is 25.5 Å². The summed E-state index contributed by atoms with van der Waals surface area (Å²) < 4.78 is 0. The Labute approximate surface area is 104 Å². The van der Waals surface area contributed by atoms with E-state index in [9.17, 15) is 4.79 Å². The molecular formula is C14H22N2O. The summed E-state index contributed by atoms with van der Waals surface area (Å²) in [4.78, 5) is 13.8. The minimum atomic E-state index is 0.0850. The van der Waals surface area contributed by atoms with Crippen LogP contribution >= 0.6 is 0 Å². The monoisotopic (exact) mass is 234 g/mol. The maximum atomic E-state index is 12.1. The number of nitrogens with zero attached hydrogens (tertiary/aromatic N) is 1. The number of benzene rings is 1. The van der Waals surface area contributed by atoms with Gasteiger partial charge in [0.15, 0.2) is 0 Å². The average Bonchev–Trinajstić information content (AvgIpc) is 2.28. The largest absolute Gasteiger partial charge is 0.385 e. The van der Waals surface area contributed by atoms with Crippen molar-refractivity contribution in [1.82, 2.24) is 4.90 Å². The lowest BCUT2D eigenvalue weighted by Gasteiger charge is -2.19. The topological polar surface area (TPSA) is 32.3 Å². The molecule has 1 amide bonds. The molecule has 0 saturated heterocycles. The number of rotatable bonds is 5. The van der Waals surface area contributed by atoms with Crippen LogP contribution < -0.4 is 5.32 Å². The second-order valence-corrected chi connectivity index (χ2v) is 4.69. The molecule has 94 valence electrons. The van der Waals surface area contributed by atoms with E-state index in [1.54, 1.807) is 4.90 Å². The highest BCUT2D eigenvalue weighted by Crippen LogP contribution is 2.11. The van der Waals surface area contributed by atoms with Crippen molar-refractivity contribution in [3.63, 3.8) is 0 Å². The third-order valence-corrected chi connectivity index (χ3v) is 2.50. The summed E-state index contributed by atoms with van der Waals surface area (Å²) in [6.45, 7) is 7.94. The first kappa shape index (κ1) is 13.6. The zero-order valence-electron chi connectivity index (χ0n) is 11.2. The molecule has 0 heterocycles. The van der Waals surface area contributed by atoms with Crippen LogP contribution in [0.15, 0.2) is 24.3 Å². The summed E-state index contributed by atoms with van der Waals surface area (Å²) in [5.41, 5.74) is 1.80. The molecule has 0 aliphatic rings. The van der Waals surface area contributed by atoms with Crippen LogP contribution in [0.5, 0.6) is 0 Å². The van der Waals surface area contributed by atoms with E-state index in [1.165, 1.54) is 0 Å². The van der Waals surface area contributed by atoms with Crippen LogP contribution in [0.2, 0.25) is 0 Å². The number of hydrogen-bond donors (Lipinski definition) is 1. The highest BCUT2D eigenvalue weighted by molar-refractivity contribution is 5.94. The first-order chi connectivity index (χ1) is 8.04. The molecule has 0 aromatic heterocycles. The molecule has 1 aromatic rings. The Hall–Kier alpha value is -1.51. The van der Waals surface area contributed by atoms with E-state index < -0.39 is 0 Å². The molecule has 3 heteroatoms. The van der Waals surface area contributed by atoms with Gasteiger partial charge >= 0.3 is 0 Å². The highest BCUT2D eigenvalue weighted by atomic mass is 16.2. The molecule has 0 spiro atoms. The SMILES string of the molecule is CCNc1ccc(C(=O)N(C)CC(C)C)cc1. The van der Waals surface area contributed by atoms with Crippen molar-refractivity contribution >= 4 is 11.6 Å². The fraction of sp³-hybridized carbons (Fsp3) is 0.500. The second-order valence-electron chi connectivity index (χ2n) is 4.69. The van der Waals surface area contributed by atoms with Gasteiger partial charge < -0.3 is 10.2 Å². The number of carbonyl (C=O) groups excluding carboxylic acids is 1. The second kappa shape index (κ2) is 6.28. The molecule has 0 unspecified atom stereocenters. The van der Waals surface area contributed by atoms with Crippen molar-refractivity contribution in [3.8, 4) is 0 Å². The van der Waals surface area contributed by atoms with Gasteiger partial charge in [0.2, 0.25) is 0 Å². The molecule has 1 rings (SSSR count). The van der Waals surface area contributed by atoms with E-state index in [4.69, 9.17) is 0 Å². The van der Waals surface area contributed by atoms with Crippen molar-refractivity contribution in [2.45, 2.75) is 20.8 Å². The third kappa shape index (κ3) is 4.10. The van der Waals surface area contributed by atoms with E-state index in [0.29, 0.717) is 5.92 Å².